The van der Waals surface area contributed by atoms with Crippen molar-refractivity contribution in [2.45, 2.75) is 45.2 Å². The molecular weight excluding hydrogens is 296 g/mol. The van der Waals surface area contributed by atoms with Crippen molar-refractivity contribution in [2.24, 2.45) is 0 Å². The molecule has 7 heteroatoms. The third-order valence-corrected chi connectivity index (χ3v) is 3.75. The maximum absolute atomic E-state index is 12.3. The number of hydrogen-bond donors (Lipinski definition) is 1. The number of likely N-dealkylation sites (N-methyl/N-ethyl adjacent to an activating group) is 2. The van der Waals surface area contributed by atoms with Crippen molar-refractivity contribution < 1.29 is 14.4 Å². The van der Waals surface area contributed by atoms with Crippen LogP contribution in [0.25, 0.3) is 0 Å². The van der Waals surface area contributed by atoms with Gasteiger partial charge in [-0.25, -0.2) is 0 Å². The maximum atomic E-state index is 12.3. The fraction of sp³-hybridized carbons (Fsp3) is 0.812. The molecule has 1 unspecified atom stereocenters. The van der Waals surface area contributed by atoms with Gasteiger partial charge in [0.2, 0.25) is 17.7 Å². The van der Waals surface area contributed by atoms with Gasteiger partial charge in [0.1, 0.15) is 0 Å². The Morgan fingerprint density at radius 1 is 1.17 bits per heavy atom. The van der Waals surface area contributed by atoms with Crippen LogP contribution in [0.15, 0.2) is 0 Å². The molecule has 1 saturated heterocycles. The molecule has 132 valence electrons. The van der Waals surface area contributed by atoms with E-state index in [9.17, 15) is 14.4 Å². The van der Waals surface area contributed by atoms with Gasteiger partial charge in [0.15, 0.2) is 0 Å². The number of rotatable bonds is 5. The summed E-state index contributed by atoms with van der Waals surface area (Å²) in [6, 6.07) is -0.231. The molecule has 1 aliphatic heterocycles. The second kappa shape index (κ2) is 7.77. The zero-order valence-corrected chi connectivity index (χ0v) is 15.2. The highest BCUT2D eigenvalue weighted by Crippen LogP contribution is 2.18. The molecule has 0 radical (unpaired) electrons. The lowest BCUT2D eigenvalue weighted by atomic mass is 10.1. The Morgan fingerprint density at radius 3 is 2.30 bits per heavy atom. The van der Waals surface area contributed by atoms with Crippen LogP contribution in [0.2, 0.25) is 0 Å². The van der Waals surface area contributed by atoms with E-state index < -0.39 is 0 Å². The van der Waals surface area contributed by atoms with E-state index in [1.807, 2.05) is 25.7 Å². The third kappa shape index (κ3) is 6.17. The topological polar surface area (TPSA) is 73.0 Å². The van der Waals surface area contributed by atoms with Gasteiger partial charge in [-0.15, -0.1) is 0 Å². The zero-order valence-electron chi connectivity index (χ0n) is 15.2. The number of amides is 3. The van der Waals surface area contributed by atoms with E-state index in [-0.39, 0.29) is 42.4 Å². The Balaban J connectivity index is 2.54. The van der Waals surface area contributed by atoms with Gasteiger partial charge in [0.05, 0.1) is 19.1 Å². The van der Waals surface area contributed by atoms with Crippen molar-refractivity contribution in [3.8, 4) is 0 Å². The Bertz CT molecular complexity index is 457. The Kier molecular flexibility index (Phi) is 6.56. The van der Waals surface area contributed by atoms with Gasteiger partial charge in [0, 0.05) is 26.7 Å². The van der Waals surface area contributed by atoms with E-state index in [4.69, 9.17) is 0 Å². The molecule has 1 aliphatic rings. The van der Waals surface area contributed by atoms with Crippen molar-refractivity contribution in [1.29, 1.82) is 0 Å². The average molecular weight is 326 g/mol. The molecule has 3 amide bonds. The van der Waals surface area contributed by atoms with Gasteiger partial charge in [-0.3, -0.25) is 19.3 Å². The van der Waals surface area contributed by atoms with Crippen molar-refractivity contribution in [1.82, 2.24) is 20.0 Å². The molecule has 0 aromatic rings. The highest BCUT2D eigenvalue weighted by molar-refractivity contribution is 5.87. The van der Waals surface area contributed by atoms with Gasteiger partial charge in [-0.1, -0.05) is 0 Å². The van der Waals surface area contributed by atoms with Crippen LogP contribution in [-0.4, -0.2) is 84.8 Å². The number of nitrogens with zero attached hydrogens (tertiary/aromatic N) is 3. The molecule has 0 spiro atoms. The van der Waals surface area contributed by atoms with Crippen LogP contribution in [0.3, 0.4) is 0 Å². The molecule has 0 saturated carbocycles. The highest BCUT2D eigenvalue weighted by Gasteiger charge is 2.33. The van der Waals surface area contributed by atoms with Gasteiger partial charge in [-0.05, 0) is 40.2 Å². The predicted octanol–water partition coefficient (Wildman–Crippen LogP) is -0.0879. The summed E-state index contributed by atoms with van der Waals surface area (Å²) in [5.74, 6) is -0.299. The normalized spacial score (nSPS) is 18.6. The number of carbonyl (C=O) groups excluding carboxylic acids is 3. The van der Waals surface area contributed by atoms with Gasteiger partial charge in [-0.2, -0.15) is 0 Å². The van der Waals surface area contributed by atoms with Crippen LogP contribution in [0.1, 0.15) is 33.6 Å². The summed E-state index contributed by atoms with van der Waals surface area (Å²) in [5.41, 5.74) is -0.320. The van der Waals surface area contributed by atoms with Crippen LogP contribution in [-0.2, 0) is 14.4 Å². The van der Waals surface area contributed by atoms with Crippen LogP contribution < -0.4 is 5.32 Å². The lowest BCUT2D eigenvalue weighted by molar-refractivity contribution is -0.138. The van der Waals surface area contributed by atoms with E-state index >= 15 is 0 Å². The van der Waals surface area contributed by atoms with Crippen LogP contribution >= 0.6 is 0 Å². The summed E-state index contributed by atoms with van der Waals surface area (Å²) in [6.07, 6.45) is 1.68. The molecule has 1 N–H and O–H groups in total. The molecule has 0 bridgehead atoms. The van der Waals surface area contributed by atoms with E-state index in [2.05, 4.69) is 5.32 Å². The molecule has 1 heterocycles. The first-order chi connectivity index (χ1) is 10.5. The first-order valence-electron chi connectivity index (χ1n) is 8.01. The SMILES string of the molecule is CN(C)C(=O)C1CCCN1CC(=O)N(C)CC(=O)NC(C)(C)C. The van der Waals surface area contributed by atoms with Crippen LogP contribution in [0.4, 0.5) is 0 Å². The number of hydrogen-bond acceptors (Lipinski definition) is 4. The first-order valence-corrected chi connectivity index (χ1v) is 8.01. The lowest BCUT2D eigenvalue weighted by Gasteiger charge is -2.28. The second-order valence-electron chi connectivity index (χ2n) is 7.41. The molecule has 1 atom stereocenters. The summed E-state index contributed by atoms with van der Waals surface area (Å²) in [4.78, 5) is 41.2. The average Bonchev–Trinajstić information content (AvgIpc) is 2.83. The molecular formula is C16H30N4O3. The van der Waals surface area contributed by atoms with Crippen molar-refractivity contribution >= 4 is 17.7 Å². The van der Waals surface area contributed by atoms with E-state index in [0.29, 0.717) is 0 Å². The summed E-state index contributed by atoms with van der Waals surface area (Å²) in [5, 5.41) is 2.83. The molecule has 1 rings (SSSR count). The summed E-state index contributed by atoms with van der Waals surface area (Å²) in [6.45, 7) is 6.62. The minimum Gasteiger partial charge on any atom is -0.350 e. The fourth-order valence-electron chi connectivity index (χ4n) is 2.65. The number of nitrogens with one attached hydrogen (secondary N) is 1. The van der Waals surface area contributed by atoms with Gasteiger partial charge < -0.3 is 15.1 Å². The van der Waals surface area contributed by atoms with E-state index in [1.165, 1.54) is 4.90 Å². The summed E-state index contributed by atoms with van der Waals surface area (Å²) >= 11 is 0. The second-order valence-corrected chi connectivity index (χ2v) is 7.41. The molecule has 0 aliphatic carbocycles. The predicted molar refractivity (Wildman–Crippen MR) is 88.8 cm³/mol. The summed E-state index contributed by atoms with van der Waals surface area (Å²) < 4.78 is 0. The maximum Gasteiger partial charge on any atom is 0.240 e. The van der Waals surface area contributed by atoms with Crippen LogP contribution in [0, 0.1) is 0 Å². The largest absolute Gasteiger partial charge is 0.350 e. The molecule has 1 fully saturated rings. The van der Waals surface area contributed by atoms with Crippen LogP contribution in [0.5, 0.6) is 0 Å². The van der Waals surface area contributed by atoms with Crippen molar-refractivity contribution in [2.75, 3.05) is 40.8 Å². The highest BCUT2D eigenvalue weighted by atomic mass is 16.2. The van der Waals surface area contributed by atoms with Crippen molar-refractivity contribution in [3.63, 3.8) is 0 Å². The minimum atomic E-state index is -0.320. The number of carbonyl (C=O) groups is 3. The molecule has 7 nitrogen and oxygen atoms in total. The minimum absolute atomic E-state index is 0.0240. The van der Waals surface area contributed by atoms with Gasteiger partial charge in [0.25, 0.3) is 0 Å². The molecule has 23 heavy (non-hydrogen) atoms. The quantitative estimate of drug-likeness (QED) is 0.766. The standard InChI is InChI=1S/C16H30N4O3/c1-16(2,3)17-13(21)10-19(6)14(22)11-20-9-7-8-12(20)15(23)18(4)5/h12H,7-11H2,1-6H3,(H,17,21). The number of likely N-dealkylation sites (tertiary alicyclic amines) is 1. The molecule has 0 aromatic carbocycles. The summed E-state index contributed by atoms with van der Waals surface area (Å²) in [7, 11) is 5.07. The monoisotopic (exact) mass is 326 g/mol. The zero-order chi connectivity index (χ0) is 17.8. The lowest BCUT2D eigenvalue weighted by Crippen LogP contribution is -2.50. The Labute approximate surface area is 139 Å². The Hall–Kier alpha value is -1.63. The third-order valence-electron chi connectivity index (χ3n) is 3.75. The van der Waals surface area contributed by atoms with Crippen molar-refractivity contribution in [3.05, 3.63) is 0 Å². The van der Waals surface area contributed by atoms with E-state index in [1.54, 1.807) is 26.0 Å². The molecule has 0 aromatic heterocycles. The first kappa shape index (κ1) is 19.4. The smallest absolute Gasteiger partial charge is 0.240 e. The fourth-order valence-corrected chi connectivity index (χ4v) is 2.65. The van der Waals surface area contributed by atoms with E-state index in [0.717, 1.165) is 19.4 Å². The Morgan fingerprint density at radius 2 is 1.78 bits per heavy atom. The van der Waals surface area contributed by atoms with Gasteiger partial charge >= 0.3 is 0 Å².